The Balaban J connectivity index is 1.37. The van der Waals surface area contributed by atoms with Gasteiger partial charge in [-0.25, -0.2) is 9.78 Å². The van der Waals surface area contributed by atoms with Crippen molar-refractivity contribution in [2.45, 2.75) is 45.1 Å². The van der Waals surface area contributed by atoms with Crippen LogP contribution in [0, 0.1) is 6.92 Å². The first kappa shape index (κ1) is 21.2. The first-order valence-electron chi connectivity index (χ1n) is 11.1. The van der Waals surface area contributed by atoms with Gasteiger partial charge in [-0.1, -0.05) is 35.9 Å². The fourth-order valence-corrected chi connectivity index (χ4v) is 4.51. The molecule has 4 rings (SSSR count). The van der Waals surface area contributed by atoms with Gasteiger partial charge in [-0.2, -0.15) is 0 Å². The quantitative estimate of drug-likeness (QED) is 0.678. The van der Waals surface area contributed by atoms with Crippen molar-refractivity contribution >= 4 is 17.8 Å². The lowest BCUT2D eigenvalue weighted by atomic mass is 10.0. The molecule has 1 aromatic carbocycles. The number of rotatable bonds is 8. The number of aromatic nitrogens is 1. The molecule has 2 amide bonds. The van der Waals surface area contributed by atoms with E-state index in [2.05, 4.69) is 17.4 Å². The Hall–Kier alpha value is -3.09. The molecule has 2 N–H and O–H groups in total. The number of hydrogen-bond acceptors (Lipinski definition) is 4. The number of carbonyl (C=O) groups excluding carboxylic acids is 1. The molecule has 31 heavy (non-hydrogen) atoms. The van der Waals surface area contributed by atoms with Crippen LogP contribution in [0.1, 0.15) is 47.7 Å². The van der Waals surface area contributed by atoms with Crippen LogP contribution in [0.4, 0.5) is 10.6 Å². The number of carbonyl (C=O) groups is 2. The minimum Gasteiger partial charge on any atom is -0.481 e. The Morgan fingerprint density at radius 1 is 1.26 bits per heavy atom. The van der Waals surface area contributed by atoms with Crippen molar-refractivity contribution in [1.82, 2.24) is 14.8 Å². The molecule has 0 spiro atoms. The molecule has 1 aromatic heterocycles. The number of carboxylic acids is 1. The minimum atomic E-state index is -0.898. The molecule has 0 aliphatic carbocycles. The van der Waals surface area contributed by atoms with E-state index in [1.54, 1.807) is 4.90 Å². The molecule has 3 heterocycles. The lowest BCUT2D eigenvalue weighted by Crippen LogP contribution is -2.36. The standard InChI is InChI=1S/C24H30N4O3/c1-17-5-2-6-19(15-17)21(16-22(29)30)28-14-13-27(24(28)31)12-4-8-20-10-9-18-7-3-11-25-23(18)26-20/h2,5-6,9-10,15,21H,3-4,7-8,11-14,16H2,1H3,(H,25,26)(H,29,30)/t21-/m0/s1. The zero-order valence-electron chi connectivity index (χ0n) is 18.0. The van der Waals surface area contributed by atoms with E-state index in [4.69, 9.17) is 4.98 Å². The number of urea groups is 1. The molecule has 0 saturated carbocycles. The Kier molecular flexibility index (Phi) is 6.39. The minimum absolute atomic E-state index is 0.0761. The third-order valence-electron chi connectivity index (χ3n) is 6.11. The highest BCUT2D eigenvalue weighted by Crippen LogP contribution is 2.29. The topological polar surface area (TPSA) is 85.8 Å². The molecule has 0 bridgehead atoms. The molecule has 0 unspecified atom stereocenters. The van der Waals surface area contributed by atoms with Gasteiger partial charge in [0.25, 0.3) is 0 Å². The first-order valence-corrected chi connectivity index (χ1v) is 11.1. The summed E-state index contributed by atoms with van der Waals surface area (Å²) >= 11 is 0. The fourth-order valence-electron chi connectivity index (χ4n) is 4.51. The highest BCUT2D eigenvalue weighted by atomic mass is 16.4. The average Bonchev–Trinajstić information content (AvgIpc) is 3.12. The highest BCUT2D eigenvalue weighted by molar-refractivity contribution is 5.78. The molecule has 7 nitrogen and oxygen atoms in total. The van der Waals surface area contributed by atoms with Gasteiger partial charge in [0.05, 0.1) is 12.5 Å². The number of pyridine rings is 1. The highest BCUT2D eigenvalue weighted by Gasteiger charge is 2.35. The Labute approximate surface area is 183 Å². The summed E-state index contributed by atoms with van der Waals surface area (Å²) in [5.74, 6) is 0.103. The van der Waals surface area contributed by atoms with Crippen LogP contribution in [0.2, 0.25) is 0 Å². The van der Waals surface area contributed by atoms with Crippen molar-refractivity contribution in [3.63, 3.8) is 0 Å². The molecule has 1 saturated heterocycles. The van der Waals surface area contributed by atoms with Crippen molar-refractivity contribution in [3.05, 3.63) is 58.8 Å². The van der Waals surface area contributed by atoms with Crippen molar-refractivity contribution in [2.75, 3.05) is 31.5 Å². The first-order chi connectivity index (χ1) is 15.0. The molecule has 0 radical (unpaired) electrons. The smallest absolute Gasteiger partial charge is 0.320 e. The molecular formula is C24H30N4O3. The second-order valence-corrected chi connectivity index (χ2v) is 8.44. The number of amides is 2. The van der Waals surface area contributed by atoms with E-state index in [1.165, 1.54) is 5.56 Å². The van der Waals surface area contributed by atoms with E-state index in [0.717, 1.165) is 54.9 Å². The molecule has 2 aliphatic heterocycles. The number of hydrogen-bond donors (Lipinski definition) is 2. The number of fused-ring (bicyclic) bond motifs is 1. The zero-order valence-corrected chi connectivity index (χ0v) is 18.0. The second kappa shape index (κ2) is 9.37. The van der Waals surface area contributed by atoms with Crippen LogP contribution in [0.25, 0.3) is 0 Å². The molecule has 7 heteroatoms. The monoisotopic (exact) mass is 422 g/mol. The summed E-state index contributed by atoms with van der Waals surface area (Å²) in [6.45, 7) is 4.77. The van der Waals surface area contributed by atoms with Gasteiger partial charge < -0.3 is 20.2 Å². The van der Waals surface area contributed by atoms with Crippen molar-refractivity contribution in [3.8, 4) is 0 Å². The number of carboxylic acid groups (broad SMARTS) is 1. The van der Waals surface area contributed by atoms with Crippen LogP contribution in [-0.4, -0.2) is 58.1 Å². The summed E-state index contributed by atoms with van der Waals surface area (Å²) < 4.78 is 0. The van der Waals surface area contributed by atoms with Gasteiger partial charge in [-0.05, 0) is 49.8 Å². The van der Waals surface area contributed by atoms with Crippen LogP contribution < -0.4 is 5.32 Å². The van der Waals surface area contributed by atoms with Crippen molar-refractivity contribution in [1.29, 1.82) is 0 Å². The summed E-state index contributed by atoms with van der Waals surface area (Å²) in [6, 6.07) is 11.5. The maximum absolute atomic E-state index is 13.1. The number of anilines is 1. The van der Waals surface area contributed by atoms with Gasteiger partial charge in [-0.3, -0.25) is 4.79 Å². The number of nitrogens with zero attached hydrogens (tertiary/aromatic N) is 3. The van der Waals surface area contributed by atoms with E-state index in [-0.39, 0.29) is 12.5 Å². The van der Waals surface area contributed by atoms with Gasteiger partial charge in [-0.15, -0.1) is 0 Å². The SMILES string of the molecule is Cc1cccc([C@H](CC(=O)O)N2CCN(CCCc3ccc4c(n3)NCCC4)C2=O)c1. The fraction of sp³-hybridized carbons (Fsp3) is 0.458. The van der Waals surface area contributed by atoms with Crippen molar-refractivity contribution < 1.29 is 14.7 Å². The largest absolute Gasteiger partial charge is 0.481 e. The van der Waals surface area contributed by atoms with Gasteiger partial charge in [0.1, 0.15) is 5.82 Å². The van der Waals surface area contributed by atoms with E-state index in [9.17, 15) is 14.7 Å². The van der Waals surface area contributed by atoms with Gasteiger partial charge in [0.15, 0.2) is 0 Å². The van der Waals surface area contributed by atoms with Gasteiger partial charge in [0.2, 0.25) is 0 Å². The van der Waals surface area contributed by atoms with Gasteiger partial charge in [0, 0.05) is 31.9 Å². The zero-order chi connectivity index (χ0) is 21.8. The predicted molar refractivity (Wildman–Crippen MR) is 119 cm³/mol. The summed E-state index contributed by atoms with van der Waals surface area (Å²) in [4.78, 5) is 32.8. The predicted octanol–water partition coefficient (Wildman–Crippen LogP) is 3.63. The lowest BCUT2D eigenvalue weighted by molar-refractivity contribution is -0.138. The summed E-state index contributed by atoms with van der Waals surface area (Å²) in [7, 11) is 0. The van der Waals surface area contributed by atoms with E-state index in [1.807, 2.05) is 36.1 Å². The Morgan fingerprint density at radius 3 is 2.94 bits per heavy atom. The molecule has 2 aromatic rings. The van der Waals surface area contributed by atoms with E-state index in [0.29, 0.717) is 19.6 Å². The van der Waals surface area contributed by atoms with Crippen LogP contribution in [-0.2, 0) is 17.6 Å². The maximum Gasteiger partial charge on any atom is 0.320 e. The molecule has 2 aliphatic rings. The van der Waals surface area contributed by atoms with Crippen LogP contribution >= 0.6 is 0 Å². The number of aryl methyl sites for hydroxylation is 3. The Morgan fingerprint density at radius 2 is 2.13 bits per heavy atom. The number of nitrogens with one attached hydrogen (secondary N) is 1. The van der Waals surface area contributed by atoms with Crippen LogP contribution in [0.3, 0.4) is 0 Å². The Bertz CT molecular complexity index is 962. The van der Waals surface area contributed by atoms with E-state index >= 15 is 0 Å². The summed E-state index contributed by atoms with van der Waals surface area (Å²) in [5.41, 5.74) is 4.26. The maximum atomic E-state index is 13.1. The molecule has 1 fully saturated rings. The number of aliphatic carboxylic acids is 1. The third-order valence-corrected chi connectivity index (χ3v) is 6.11. The van der Waals surface area contributed by atoms with E-state index < -0.39 is 12.0 Å². The lowest BCUT2D eigenvalue weighted by Gasteiger charge is -2.27. The van der Waals surface area contributed by atoms with Crippen LogP contribution in [0.5, 0.6) is 0 Å². The normalized spacial score (nSPS) is 16.7. The summed E-state index contributed by atoms with van der Waals surface area (Å²) in [5, 5.41) is 12.8. The number of benzene rings is 1. The summed E-state index contributed by atoms with van der Waals surface area (Å²) in [6.07, 6.45) is 3.78. The third kappa shape index (κ3) is 4.98. The molecular weight excluding hydrogens is 392 g/mol. The van der Waals surface area contributed by atoms with Gasteiger partial charge >= 0.3 is 12.0 Å². The van der Waals surface area contributed by atoms with Crippen molar-refractivity contribution in [2.24, 2.45) is 0 Å². The molecule has 164 valence electrons. The second-order valence-electron chi connectivity index (χ2n) is 8.44. The molecule has 1 atom stereocenters. The van der Waals surface area contributed by atoms with Crippen LogP contribution in [0.15, 0.2) is 36.4 Å². The average molecular weight is 423 g/mol.